The average molecular weight is 443 g/mol. The van der Waals surface area contributed by atoms with Crippen molar-refractivity contribution < 1.29 is 19.0 Å². The Balaban J connectivity index is 4.23. The van der Waals surface area contributed by atoms with Crippen LogP contribution in [0.4, 0.5) is 0 Å². The molecule has 0 saturated carbocycles. The van der Waals surface area contributed by atoms with Crippen molar-refractivity contribution in [1.82, 2.24) is 0 Å². The Morgan fingerprint density at radius 2 is 1.06 bits per heavy atom. The topological polar surface area (TPSA) is 44.8 Å². The highest BCUT2D eigenvalue weighted by atomic mass is 16.6. The maximum absolute atomic E-state index is 12.6. The second kappa shape index (κ2) is 24.0. The van der Waals surface area contributed by atoms with E-state index >= 15 is 0 Å². The molecular formula is C27H54O4. The Morgan fingerprint density at radius 3 is 1.52 bits per heavy atom. The van der Waals surface area contributed by atoms with Crippen molar-refractivity contribution in [3.63, 3.8) is 0 Å². The molecule has 0 bridgehead atoms. The fourth-order valence-electron chi connectivity index (χ4n) is 3.71. The van der Waals surface area contributed by atoms with Gasteiger partial charge in [-0.05, 0) is 25.7 Å². The van der Waals surface area contributed by atoms with E-state index in [0.717, 1.165) is 51.7 Å². The highest BCUT2D eigenvalue weighted by molar-refractivity contribution is 5.72. The zero-order valence-corrected chi connectivity index (χ0v) is 21.4. The summed E-state index contributed by atoms with van der Waals surface area (Å²) in [4.78, 5) is 12.6. The number of ether oxygens (including phenoxy) is 3. The van der Waals surface area contributed by atoms with E-state index in [1.54, 1.807) is 0 Å². The van der Waals surface area contributed by atoms with E-state index in [1.165, 1.54) is 64.2 Å². The van der Waals surface area contributed by atoms with Gasteiger partial charge in [-0.25, -0.2) is 0 Å². The van der Waals surface area contributed by atoms with Crippen LogP contribution in [0.25, 0.3) is 0 Å². The van der Waals surface area contributed by atoms with Gasteiger partial charge < -0.3 is 14.2 Å². The van der Waals surface area contributed by atoms with Crippen molar-refractivity contribution in [2.75, 3.05) is 26.4 Å². The minimum atomic E-state index is -0.289. The first-order valence-corrected chi connectivity index (χ1v) is 13.5. The first-order valence-electron chi connectivity index (χ1n) is 13.5. The number of hydrogen-bond acceptors (Lipinski definition) is 4. The largest absolute Gasteiger partial charge is 0.457 e. The summed E-state index contributed by atoms with van der Waals surface area (Å²) in [5.41, 5.74) is 0. The van der Waals surface area contributed by atoms with Crippen molar-refractivity contribution in [3.05, 3.63) is 0 Å². The molecule has 186 valence electrons. The molecule has 1 atom stereocenters. The summed E-state index contributed by atoms with van der Waals surface area (Å²) in [7, 11) is 0. The van der Waals surface area contributed by atoms with Crippen molar-refractivity contribution in [2.45, 2.75) is 137 Å². The first kappa shape index (κ1) is 30.4. The van der Waals surface area contributed by atoms with E-state index in [9.17, 15) is 4.79 Å². The van der Waals surface area contributed by atoms with Crippen molar-refractivity contribution in [2.24, 2.45) is 5.92 Å². The van der Waals surface area contributed by atoms with Gasteiger partial charge in [-0.1, -0.05) is 105 Å². The zero-order chi connectivity index (χ0) is 23.0. The minimum absolute atomic E-state index is 0.000388. The van der Waals surface area contributed by atoms with E-state index in [-0.39, 0.29) is 18.0 Å². The van der Waals surface area contributed by atoms with Crippen molar-refractivity contribution in [3.8, 4) is 0 Å². The molecule has 0 amide bonds. The number of carbonyl (C=O) groups excluding carboxylic acids is 1. The molecule has 0 heterocycles. The molecule has 0 fully saturated rings. The lowest BCUT2D eigenvalue weighted by Crippen LogP contribution is -2.31. The zero-order valence-electron chi connectivity index (χ0n) is 21.4. The predicted molar refractivity (Wildman–Crippen MR) is 132 cm³/mol. The van der Waals surface area contributed by atoms with Crippen LogP contribution in [0.1, 0.15) is 130 Å². The highest BCUT2D eigenvalue weighted by Gasteiger charge is 2.22. The highest BCUT2D eigenvalue weighted by Crippen LogP contribution is 2.16. The molecule has 0 aromatic carbocycles. The van der Waals surface area contributed by atoms with E-state index in [2.05, 4.69) is 27.7 Å². The summed E-state index contributed by atoms with van der Waals surface area (Å²) in [6.07, 6.45) is 18.6. The Morgan fingerprint density at radius 1 is 0.613 bits per heavy atom. The second-order valence-corrected chi connectivity index (χ2v) is 8.99. The van der Waals surface area contributed by atoms with E-state index in [1.807, 2.05) is 0 Å². The third kappa shape index (κ3) is 19.8. The standard InChI is InChI=1S/C27H54O4/c1-5-9-12-14-16-18-21-29-23-26(24-30-22-19-17-15-13-10-6-2)31-27(28)25(8-4)20-11-7-3/h25-26H,5-24H2,1-4H3. The summed E-state index contributed by atoms with van der Waals surface area (Å²) in [5, 5.41) is 0. The molecule has 0 aliphatic carbocycles. The maximum atomic E-state index is 12.6. The molecule has 0 aromatic rings. The van der Waals surface area contributed by atoms with Crippen LogP contribution in [-0.2, 0) is 19.0 Å². The van der Waals surface area contributed by atoms with Gasteiger partial charge in [0.15, 0.2) is 0 Å². The summed E-state index contributed by atoms with van der Waals surface area (Å²) in [6.45, 7) is 11.1. The van der Waals surface area contributed by atoms with Gasteiger partial charge in [-0.15, -0.1) is 0 Å². The summed E-state index contributed by atoms with van der Waals surface area (Å²) in [5.74, 6) is -0.0770. The second-order valence-electron chi connectivity index (χ2n) is 8.99. The fraction of sp³-hybridized carbons (Fsp3) is 0.963. The Kier molecular flexibility index (Phi) is 23.6. The molecule has 0 rings (SSSR count). The van der Waals surface area contributed by atoms with Crippen LogP contribution >= 0.6 is 0 Å². The number of rotatable bonds is 24. The number of hydrogen-bond donors (Lipinski definition) is 0. The lowest BCUT2D eigenvalue weighted by molar-refractivity contribution is -0.161. The van der Waals surface area contributed by atoms with Gasteiger partial charge in [0.2, 0.25) is 0 Å². The van der Waals surface area contributed by atoms with Gasteiger partial charge in [0.1, 0.15) is 6.10 Å². The van der Waals surface area contributed by atoms with E-state index in [4.69, 9.17) is 14.2 Å². The lowest BCUT2D eigenvalue weighted by atomic mass is 10.00. The van der Waals surface area contributed by atoms with Crippen LogP contribution < -0.4 is 0 Å². The molecule has 1 unspecified atom stereocenters. The average Bonchev–Trinajstić information content (AvgIpc) is 2.77. The number of esters is 1. The molecular weight excluding hydrogens is 388 g/mol. The van der Waals surface area contributed by atoms with Crippen LogP contribution in [0.15, 0.2) is 0 Å². The van der Waals surface area contributed by atoms with Crippen LogP contribution in [0.2, 0.25) is 0 Å². The molecule has 0 aliphatic heterocycles. The van der Waals surface area contributed by atoms with Crippen molar-refractivity contribution >= 4 is 5.97 Å². The van der Waals surface area contributed by atoms with Gasteiger partial charge in [-0.3, -0.25) is 4.79 Å². The third-order valence-corrected chi connectivity index (χ3v) is 5.91. The summed E-state index contributed by atoms with van der Waals surface area (Å²) < 4.78 is 17.6. The maximum Gasteiger partial charge on any atom is 0.309 e. The number of unbranched alkanes of at least 4 members (excludes halogenated alkanes) is 11. The van der Waals surface area contributed by atoms with Crippen LogP contribution in [0, 0.1) is 5.92 Å². The molecule has 0 radical (unpaired) electrons. The molecule has 31 heavy (non-hydrogen) atoms. The van der Waals surface area contributed by atoms with Gasteiger partial charge in [0.05, 0.1) is 19.1 Å². The quantitative estimate of drug-likeness (QED) is 0.113. The molecule has 0 spiro atoms. The Bertz CT molecular complexity index is 352. The smallest absolute Gasteiger partial charge is 0.309 e. The summed E-state index contributed by atoms with van der Waals surface area (Å²) >= 11 is 0. The van der Waals surface area contributed by atoms with Gasteiger partial charge in [0, 0.05) is 13.2 Å². The van der Waals surface area contributed by atoms with E-state index in [0.29, 0.717) is 13.2 Å². The van der Waals surface area contributed by atoms with E-state index < -0.39 is 0 Å². The van der Waals surface area contributed by atoms with Gasteiger partial charge in [0.25, 0.3) is 0 Å². The lowest BCUT2D eigenvalue weighted by Gasteiger charge is -2.21. The molecule has 0 aromatic heterocycles. The van der Waals surface area contributed by atoms with Gasteiger partial charge in [-0.2, -0.15) is 0 Å². The molecule has 4 heteroatoms. The Hall–Kier alpha value is -0.610. The summed E-state index contributed by atoms with van der Waals surface area (Å²) in [6, 6.07) is 0. The normalized spacial score (nSPS) is 12.4. The Labute approximate surface area is 194 Å². The van der Waals surface area contributed by atoms with Crippen molar-refractivity contribution in [1.29, 1.82) is 0 Å². The molecule has 0 aliphatic rings. The first-order chi connectivity index (χ1) is 15.2. The molecule has 0 N–H and O–H groups in total. The van der Waals surface area contributed by atoms with Crippen LogP contribution in [0.3, 0.4) is 0 Å². The predicted octanol–water partition coefficient (Wildman–Crippen LogP) is 7.87. The monoisotopic (exact) mass is 442 g/mol. The minimum Gasteiger partial charge on any atom is -0.457 e. The van der Waals surface area contributed by atoms with Gasteiger partial charge >= 0.3 is 5.97 Å². The fourth-order valence-corrected chi connectivity index (χ4v) is 3.71. The van der Waals surface area contributed by atoms with Crippen LogP contribution in [-0.4, -0.2) is 38.5 Å². The molecule has 4 nitrogen and oxygen atoms in total. The number of carbonyl (C=O) groups is 1. The third-order valence-electron chi connectivity index (χ3n) is 5.91. The molecule has 0 saturated heterocycles. The SMILES string of the molecule is CCCCCCCCOCC(COCCCCCCCC)OC(=O)C(CC)CCCC. The van der Waals surface area contributed by atoms with Crippen LogP contribution in [0.5, 0.6) is 0 Å².